The fourth-order valence-corrected chi connectivity index (χ4v) is 2.94. The van der Waals surface area contributed by atoms with E-state index in [1.807, 2.05) is 0 Å². The molecule has 0 heterocycles. The van der Waals surface area contributed by atoms with E-state index < -0.39 is 5.54 Å². The summed E-state index contributed by atoms with van der Waals surface area (Å²) < 4.78 is 0. The molecule has 1 aliphatic rings. The second kappa shape index (κ2) is 6.71. The molecule has 0 spiro atoms. The third kappa shape index (κ3) is 5.11. The SMILES string of the molecule is CC1CCCC(N)(C(=O)NCC(C)(C)CCCO)C1. The Bertz CT molecular complexity index is 305. The van der Waals surface area contributed by atoms with Gasteiger partial charge in [-0.15, -0.1) is 0 Å². The van der Waals surface area contributed by atoms with Gasteiger partial charge in [0.05, 0.1) is 5.54 Å². The fourth-order valence-electron chi connectivity index (χ4n) is 2.94. The number of rotatable bonds is 6. The van der Waals surface area contributed by atoms with Gasteiger partial charge in [-0.25, -0.2) is 0 Å². The summed E-state index contributed by atoms with van der Waals surface area (Å²) in [6, 6.07) is 0. The maximum atomic E-state index is 12.3. The molecule has 0 saturated heterocycles. The van der Waals surface area contributed by atoms with Gasteiger partial charge in [-0.05, 0) is 37.0 Å². The third-order valence-corrected chi connectivity index (χ3v) is 4.22. The van der Waals surface area contributed by atoms with Crippen LogP contribution in [0.2, 0.25) is 0 Å². The monoisotopic (exact) mass is 270 g/mol. The molecule has 1 rings (SSSR count). The Kier molecular flexibility index (Phi) is 5.81. The minimum absolute atomic E-state index is 0.00359. The lowest BCUT2D eigenvalue weighted by molar-refractivity contribution is -0.128. The number of hydrogen-bond donors (Lipinski definition) is 3. The molecule has 0 aromatic carbocycles. The van der Waals surface area contributed by atoms with Gasteiger partial charge >= 0.3 is 0 Å². The number of hydrogen-bond acceptors (Lipinski definition) is 3. The van der Waals surface area contributed by atoms with Crippen LogP contribution >= 0.6 is 0 Å². The van der Waals surface area contributed by atoms with Gasteiger partial charge in [0.2, 0.25) is 5.91 Å². The Labute approximate surface area is 117 Å². The van der Waals surface area contributed by atoms with Gasteiger partial charge < -0.3 is 16.2 Å². The first-order valence-corrected chi connectivity index (χ1v) is 7.47. The summed E-state index contributed by atoms with van der Waals surface area (Å²) >= 11 is 0. The van der Waals surface area contributed by atoms with Crippen molar-refractivity contribution in [3.05, 3.63) is 0 Å². The molecule has 2 unspecified atom stereocenters. The van der Waals surface area contributed by atoms with Crippen LogP contribution in [-0.2, 0) is 4.79 Å². The minimum atomic E-state index is -0.676. The van der Waals surface area contributed by atoms with Crippen LogP contribution in [-0.4, -0.2) is 29.7 Å². The lowest BCUT2D eigenvalue weighted by Crippen LogP contribution is -2.57. The van der Waals surface area contributed by atoms with Crippen LogP contribution in [0.25, 0.3) is 0 Å². The van der Waals surface area contributed by atoms with Crippen molar-refractivity contribution in [2.24, 2.45) is 17.1 Å². The van der Waals surface area contributed by atoms with Crippen LogP contribution in [0.4, 0.5) is 0 Å². The second-order valence-corrected chi connectivity index (χ2v) is 7.03. The molecule has 4 nitrogen and oxygen atoms in total. The maximum absolute atomic E-state index is 12.3. The van der Waals surface area contributed by atoms with Crippen molar-refractivity contribution in [1.29, 1.82) is 0 Å². The minimum Gasteiger partial charge on any atom is -0.396 e. The van der Waals surface area contributed by atoms with Crippen LogP contribution in [0.15, 0.2) is 0 Å². The van der Waals surface area contributed by atoms with Crippen molar-refractivity contribution >= 4 is 5.91 Å². The van der Waals surface area contributed by atoms with Gasteiger partial charge in [0.15, 0.2) is 0 Å². The number of nitrogens with one attached hydrogen (secondary N) is 1. The Morgan fingerprint density at radius 1 is 1.53 bits per heavy atom. The van der Waals surface area contributed by atoms with Crippen LogP contribution in [0.5, 0.6) is 0 Å². The molecule has 0 radical (unpaired) electrons. The highest BCUT2D eigenvalue weighted by molar-refractivity contribution is 5.86. The Morgan fingerprint density at radius 2 is 2.21 bits per heavy atom. The normalized spacial score (nSPS) is 28.2. The van der Waals surface area contributed by atoms with Crippen molar-refractivity contribution in [2.75, 3.05) is 13.2 Å². The summed E-state index contributed by atoms with van der Waals surface area (Å²) in [6.45, 7) is 7.21. The number of amides is 1. The molecular formula is C15H30N2O2. The number of aliphatic hydroxyl groups excluding tert-OH is 1. The van der Waals surface area contributed by atoms with E-state index in [1.165, 1.54) is 6.42 Å². The average molecular weight is 270 g/mol. The van der Waals surface area contributed by atoms with E-state index in [2.05, 4.69) is 26.1 Å². The lowest BCUT2D eigenvalue weighted by atomic mass is 9.76. The predicted molar refractivity (Wildman–Crippen MR) is 77.7 cm³/mol. The summed E-state index contributed by atoms with van der Waals surface area (Å²) in [5, 5.41) is 11.9. The molecule has 19 heavy (non-hydrogen) atoms. The molecular weight excluding hydrogens is 240 g/mol. The molecule has 1 saturated carbocycles. The van der Waals surface area contributed by atoms with Gasteiger partial charge in [-0.1, -0.05) is 33.6 Å². The molecule has 4 heteroatoms. The molecule has 0 bridgehead atoms. The molecule has 4 N–H and O–H groups in total. The van der Waals surface area contributed by atoms with Crippen LogP contribution < -0.4 is 11.1 Å². The van der Waals surface area contributed by atoms with Crippen molar-refractivity contribution in [3.8, 4) is 0 Å². The van der Waals surface area contributed by atoms with Gasteiger partial charge in [-0.3, -0.25) is 4.79 Å². The predicted octanol–water partition coefficient (Wildman–Crippen LogP) is 1.81. The first kappa shape index (κ1) is 16.4. The quantitative estimate of drug-likeness (QED) is 0.689. The van der Waals surface area contributed by atoms with Crippen molar-refractivity contribution in [1.82, 2.24) is 5.32 Å². The Hall–Kier alpha value is -0.610. The molecule has 1 amide bonds. The molecule has 0 aromatic rings. The van der Waals surface area contributed by atoms with E-state index in [0.717, 1.165) is 32.1 Å². The highest BCUT2D eigenvalue weighted by Crippen LogP contribution is 2.31. The van der Waals surface area contributed by atoms with Crippen LogP contribution in [0, 0.1) is 11.3 Å². The lowest BCUT2D eigenvalue weighted by Gasteiger charge is -2.36. The maximum Gasteiger partial charge on any atom is 0.240 e. The van der Waals surface area contributed by atoms with E-state index in [-0.39, 0.29) is 17.9 Å². The highest BCUT2D eigenvalue weighted by atomic mass is 16.2. The summed E-state index contributed by atoms with van der Waals surface area (Å²) in [5.41, 5.74) is 5.60. The third-order valence-electron chi connectivity index (χ3n) is 4.22. The largest absolute Gasteiger partial charge is 0.396 e. The topological polar surface area (TPSA) is 75.4 Å². The van der Waals surface area contributed by atoms with Crippen LogP contribution in [0.3, 0.4) is 0 Å². The Balaban J connectivity index is 2.46. The molecule has 112 valence electrons. The highest BCUT2D eigenvalue weighted by Gasteiger charge is 2.38. The first-order chi connectivity index (χ1) is 8.79. The number of nitrogens with two attached hydrogens (primary N) is 1. The van der Waals surface area contributed by atoms with Crippen molar-refractivity contribution < 1.29 is 9.90 Å². The first-order valence-electron chi connectivity index (χ1n) is 7.47. The fraction of sp³-hybridized carbons (Fsp3) is 0.933. The smallest absolute Gasteiger partial charge is 0.240 e. The van der Waals surface area contributed by atoms with E-state index in [4.69, 9.17) is 10.8 Å². The zero-order valence-corrected chi connectivity index (χ0v) is 12.7. The van der Waals surface area contributed by atoms with Gasteiger partial charge in [0.25, 0.3) is 0 Å². The van der Waals surface area contributed by atoms with Crippen molar-refractivity contribution in [2.45, 2.75) is 64.8 Å². The van der Waals surface area contributed by atoms with Crippen molar-refractivity contribution in [3.63, 3.8) is 0 Å². The van der Waals surface area contributed by atoms with Gasteiger partial charge in [-0.2, -0.15) is 0 Å². The molecule has 1 fully saturated rings. The van der Waals surface area contributed by atoms with Gasteiger partial charge in [0.1, 0.15) is 0 Å². The van der Waals surface area contributed by atoms with E-state index in [1.54, 1.807) is 0 Å². The standard InChI is InChI=1S/C15H30N2O2/c1-12-6-4-8-15(16,10-12)13(19)17-11-14(2,3)7-5-9-18/h12,18H,4-11,16H2,1-3H3,(H,17,19). The summed E-state index contributed by atoms with van der Waals surface area (Å²) in [7, 11) is 0. The number of carbonyl (C=O) groups excluding carboxylic acids is 1. The molecule has 0 aromatic heterocycles. The molecule has 1 aliphatic carbocycles. The van der Waals surface area contributed by atoms with E-state index in [0.29, 0.717) is 12.5 Å². The average Bonchev–Trinajstić information content (AvgIpc) is 2.33. The zero-order chi connectivity index (χ0) is 14.5. The van der Waals surface area contributed by atoms with E-state index >= 15 is 0 Å². The zero-order valence-electron chi connectivity index (χ0n) is 12.7. The summed E-state index contributed by atoms with van der Waals surface area (Å²) in [5.74, 6) is 0.531. The number of aliphatic hydroxyl groups is 1. The second-order valence-electron chi connectivity index (χ2n) is 7.03. The van der Waals surface area contributed by atoms with Gasteiger partial charge in [0, 0.05) is 13.2 Å². The molecule has 0 aliphatic heterocycles. The molecule has 2 atom stereocenters. The summed E-state index contributed by atoms with van der Waals surface area (Å²) in [4.78, 5) is 12.3. The van der Waals surface area contributed by atoms with E-state index in [9.17, 15) is 4.79 Å². The Morgan fingerprint density at radius 3 is 2.79 bits per heavy atom. The number of carbonyl (C=O) groups is 1. The van der Waals surface area contributed by atoms with Crippen LogP contribution in [0.1, 0.15) is 59.3 Å². The summed E-state index contributed by atoms with van der Waals surface area (Å²) in [6.07, 6.45) is 5.47.